The Hall–Kier alpha value is -4.15. The number of methoxy groups -OCH3 is 2. The second kappa shape index (κ2) is 14.1. The average Bonchev–Trinajstić information content (AvgIpc) is 3.34. The average molecular weight is 678 g/mol. The van der Waals surface area contributed by atoms with Crippen LogP contribution in [0.15, 0.2) is 92.3 Å². The van der Waals surface area contributed by atoms with Crippen molar-refractivity contribution in [2.75, 3.05) is 20.8 Å². The van der Waals surface area contributed by atoms with Gasteiger partial charge >= 0.3 is 5.97 Å². The van der Waals surface area contributed by atoms with E-state index in [1.165, 1.54) is 11.3 Å². The molecule has 5 rings (SSSR count). The molecule has 0 radical (unpaired) electrons. The first-order valence-corrected chi connectivity index (χ1v) is 15.9. The first-order valence-electron chi connectivity index (χ1n) is 14.3. The predicted octanol–water partition coefficient (Wildman–Crippen LogP) is 5.94. The van der Waals surface area contributed by atoms with Crippen molar-refractivity contribution >= 4 is 39.3 Å². The van der Waals surface area contributed by atoms with E-state index < -0.39 is 12.0 Å². The van der Waals surface area contributed by atoms with Crippen molar-refractivity contribution in [1.29, 1.82) is 0 Å². The number of nitrogens with zero attached hydrogens (tertiary/aromatic N) is 2. The number of ether oxygens (including phenoxy) is 4. The molecule has 0 fully saturated rings. The summed E-state index contributed by atoms with van der Waals surface area (Å²) >= 11 is 4.89. The van der Waals surface area contributed by atoms with Crippen LogP contribution in [0, 0.1) is 0 Å². The molecule has 1 aromatic heterocycles. The molecular formula is C34H33BrN2O6S. The fourth-order valence-corrected chi connectivity index (χ4v) is 6.61. The zero-order valence-electron chi connectivity index (χ0n) is 25.0. The quantitative estimate of drug-likeness (QED) is 0.183. The van der Waals surface area contributed by atoms with E-state index in [1.54, 1.807) is 43.9 Å². The van der Waals surface area contributed by atoms with E-state index in [2.05, 4.69) is 15.9 Å². The van der Waals surface area contributed by atoms with E-state index in [1.807, 2.05) is 61.5 Å². The van der Waals surface area contributed by atoms with Crippen LogP contribution in [0.5, 0.6) is 17.2 Å². The maximum Gasteiger partial charge on any atom is 0.338 e. The molecule has 1 aliphatic heterocycles. The van der Waals surface area contributed by atoms with Crippen molar-refractivity contribution < 1.29 is 23.7 Å². The Kier molecular flexibility index (Phi) is 10.0. The molecular weight excluding hydrogens is 644 g/mol. The second-order valence-corrected chi connectivity index (χ2v) is 11.8. The molecule has 0 saturated heterocycles. The van der Waals surface area contributed by atoms with Gasteiger partial charge in [0.05, 0.1) is 41.1 Å². The van der Waals surface area contributed by atoms with Gasteiger partial charge < -0.3 is 18.9 Å². The minimum absolute atomic E-state index is 0.189. The number of thiazole rings is 1. The van der Waals surface area contributed by atoms with Crippen molar-refractivity contribution in [3.63, 3.8) is 0 Å². The first-order chi connectivity index (χ1) is 21.4. The third kappa shape index (κ3) is 6.51. The number of benzene rings is 3. The molecule has 0 spiro atoms. The zero-order valence-corrected chi connectivity index (χ0v) is 27.4. The van der Waals surface area contributed by atoms with Gasteiger partial charge in [-0.2, -0.15) is 0 Å². The van der Waals surface area contributed by atoms with Crippen LogP contribution >= 0.6 is 27.3 Å². The lowest BCUT2D eigenvalue weighted by Crippen LogP contribution is -2.40. The number of esters is 1. The van der Waals surface area contributed by atoms with Crippen molar-refractivity contribution in [2.45, 2.75) is 39.3 Å². The van der Waals surface area contributed by atoms with Crippen LogP contribution in [0.25, 0.3) is 6.08 Å². The van der Waals surface area contributed by atoms with Crippen LogP contribution in [0.1, 0.15) is 49.4 Å². The van der Waals surface area contributed by atoms with Crippen LogP contribution < -0.4 is 29.1 Å². The predicted molar refractivity (Wildman–Crippen MR) is 174 cm³/mol. The molecule has 44 heavy (non-hydrogen) atoms. The molecule has 0 amide bonds. The Bertz CT molecular complexity index is 1880. The van der Waals surface area contributed by atoms with Crippen LogP contribution in [-0.4, -0.2) is 31.4 Å². The van der Waals surface area contributed by atoms with Crippen LogP contribution in [-0.2, 0) is 16.1 Å². The number of hydrogen-bond acceptors (Lipinski definition) is 8. The van der Waals surface area contributed by atoms with Crippen molar-refractivity contribution in [2.24, 2.45) is 4.99 Å². The highest BCUT2D eigenvalue weighted by Crippen LogP contribution is 2.38. The van der Waals surface area contributed by atoms with Gasteiger partial charge in [0.25, 0.3) is 5.56 Å². The molecule has 0 unspecified atom stereocenters. The third-order valence-electron chi connectivity index (χ3n) is 7.11. The normalized spacial score (nSPS) is 14.6. The Balaban J connectivity index is 1.63. The van der Waals surface area contributed by atoms with E-state index in [9.17, 15) is 9.59 Å². The first kappa shape index (κ1) is 31.3. The van der Waals surface area contributed by atoms with E-state index in [-0.39, 0.29) is 12.2 Å². The fraction of sp³-hybridized carbons (Fsp3) is 0.265. The molecule has 3 aromatic carbocycles. The summed E-state index contributed by atoms with van der Waals surface area (Å²) in [5, 5.41) is 0. The smallest absolute Gasteiger partial charge is 0.338 e. The van der Waals surface area contributed by atoms with Gasteiger partial charge in [0, 0.05) is 5.56 Å². The van der Waals surface area contributed by atoms with Gasteiger partial charge in [-0.3, -0.25) is 9.36 Å². The van der Waals surface area contributed by atoms with Gasteiger partial charge in [-0.1, -0.05) is 61.1 Å². The van der Waals surface area contributed by atoms with Gasteiger partial charge in [-0.15, -0.1) is 0 Å². The molecule has 0 aliphatic carbocycles. The molecule has 4 aromatic rings. The molecule has 1 aliphatic rings. The summed E-state index contributed by atoms with van der Waals surface area (Å²) in [6.45, 7) is 4.40. The maximum atomic E-state index is 14.2. The number of fused-ring (bicyclic) bond motifs is 1. The Morgan fingerprint density at radius 2 is 1.80 bits per heavy atom. The van der Waals surface area contributed by atoms with Gasteiger partial charge in [0.15, 0.2) is 4.80 Å². The summed E-state index contributed by atoms with van der Waals surface area (Å²) in [7, 11) is 3.12. The molecule has 228 valence electrons. The zero-order chi connectivity index (χ0) is 31.2. The van der Waals surface area contributed by atoms with E-state index in [0.29, 0.717) is 56.4 Å². The number of hydrogen-bond donors (Lipinski definition) is 0. The SMILES string of the molecule is CCCC1=C(C(=O)OCC)[C@H](c2cc(OC)ccc2OC)n2c(s/c(=C\c3ccc(OCc4ccccc4)c(Br)c3)c2=O)=N1. The molecule has 0 N–H and O–H groups in total. The maximum absolute atomic E-state index is 14.2. The number of carbonyl (C=O) groups is 1. The Morgan fingerprint density at radius 1 is 1.02 bits per heavy atom. The highest BCUT2D eigenvalue weighted by molar-refractivity contribution is 9.10. The molecule has 2 heterocycles. The lowest BCUT2D eigenvalue weighted by Gasteiger charge is -2.27. The Morgan fingerprint density at radius 3 is 2.48 bits per heavy atom. The van der Waals surface area contributed by atoms with Crippen molar-refractivity contribution in [3.05, 3.63) is 119 Å². The Labute approximate surface area is 268 Å². The van der Waals surface area contributed by atoms with Crippen molar-refractivity contribution in [1.82, 2.24) is 4.57 Å². The molecule has 8 nitrogen and oxygen atoms in total. The van der Waals surface area contributed by atoms with Gasteiger partial charge in [-0.05, 0) is 76.8 Å². The van der Waals surface area contributed by atoms with Crippen molar-refractivity contribution in [3.8, 4) is 17.2 Å². The summed E-state index contributed by atoms with van der Waals surface area (Å²) in [6.07, 6.45) is 3.12. The molecule has 10 heteroatoms. The molecule has 0 saturated carbocycles. The minimum atomic E-state index is -0.820. The van der Waals surface area contributed by atoms with Gasteiger partial charge in [0.1, 0.15) is 29.9 Å². The summed E-state index contributed by atoms with van der Waals surface area (Å²) in [4.78, 5) is 33.0. The van der Waals surface area contributed by atoms with E-state index >= 15 is 0 Å². The number of rotatable bonds is 11. The largest absolute Gasteiger partial charge is 0.497 e. The lowest BCUT2D eigenvalue weighted by atomic mass is 9.93. The number of carbonyl (C=O) groups excluding carboxylic acids is 1. The summed E-state index contributed by atoms with van der Waals surface area (Å²) in [6, 6.07) is 20.1. The monoisotopic (exact) mass is 676 g/mol. The van der Waals surface area contributed by atoms with Crippen LogP contribution in [0.2, 0.25) is 0 Å². The third-order valence-corrected chi connectivity index (χ3v) is 8.72. The second-order valence-electron chi connectivity index (χ2n) is 9.99. The summed E-state index contributed by atoms with van der Waals surface area (Å²) < 4.78 is 25.5. The van der Waals surface area contributed by atoms with E-state index in [0.717, 1.165) is 22.0 Å². The number of halogens is 1. The van der Waals surface area contributed by atoms with E-state index in [4.69, 9.17) is 23.9 Å². The number of allylic oxidation sites excluding steroid dienone is 1. The van der Waals surface area contributed by atoms with Crippen LogP contribution in [0.3, 0.4) is 0 Å². The van der Waals surface area contributed by atoms with Gasteiger partial charge in [-0.25, -0.2) is 9.79 Å². The van der Waals surface area contributed by atoms with Gasteiger partial charge in [0.2, 0.25) is 0 Å². The topological polar surface area (TPSA) is 88.4 Å². The summed E-state index contributed by atoms with van der Waals surface area (Å²) in [5.74, 6) is 1.26. The fourth-order valence-electron chi connectivity index (χ4n) is 5.08. The molecule has 1 atom stereocenters. The lowest BCUT2D eigenvalue weighted by molar-refractivity contribution is -0.139. The minimum Gasteiger partial charge on any atom is -0.497 e. The highest BCUT2D eigenvalue weighted by atomic mass is 79.9. The summed E-state index contributed by atoms with van der Waals surface area (Å²) in [5.41, 5.74) is 3.12. The standard InChI is InChI=1S/C34H33BrN2O6S/c1-5-10-26-30(33(39)42-6-2)31(24-19-23(40-3)14-16-27(24)41-4)37-32(38)29(44-34(37)36-26)18-22-13-15-28(25(35)17-22)43-20-21-11-8-7-9-12-21/h7-9,11-19,31H,5-6,10,20H2,1-4H3/b29-18-/t31-/m0/s1. The molecule has 0 bridgehead atoms. The highest BCUT2D eigenvalue weighted by Gasteiger charge is 2.36. The number of aromatic nitrogens is 1. The van der Waals surface area contributed by atoms with Crippen LogP contribution in [0.4, 0.5) is 0 Å².